The highest BCUT2D eigenvalue weighted by atomic mass is 35.5. The Balaban J connectivity index is 0.00000180. The summed E-state index contributed by atoms with van der Waals surface area (Å²) in [7, 11) is 0. The molecule has 7 heteroatoms. The smallest absolute Gasteiger partial charge is 0.325 e. The number of halogens is 5. The van der Waals surface area contributed by atoms with Crippen LogP contribution in [0, 0.1) is 0 Å². The van der Waals surface area contributed by atoms with Crippen LogP contribution < -0.4 is 11.1 Å². The predicted molar refractivity (Wildman–Crippen MR) is 78.7 cm³/mol. The highest BCUT2D eigenvalue weighted by Gasteiger charge is 2.32. The van der Waals surface area contributed by atoms with Crippen LogP contribution in [0.2, 0.25) is 0 Å². The quantitative estimate of drug-likeness (QED) is 0.874. The number of nitrogens with one attached hydrogen (secondary N) is 1. The fourth-order valence-corrected chi connectivity index (χ4v) is 2.37. The summed E-state index contributed by atoms with van der Waals surface area (Å²) in [5, 5.41) is 3.20. The Morgan fingerprint density at radius 1 is 1.15 bits per heavy atom. The van der Waals surface area contributed by atoms with Crippen molar-refractivity contribution in [3.63, 3.8) is 0 Å². The maximum absolute atomic E-state index is 12.6. The molecule has 1 aromatic carbocycles. The second-order valence-electron chi connectivity index (χ2n) is 4.99. The van der Waals surface area contributed by atoms with Crippen molar-refractivity contribution in [3.05, 3.63) is 35.4 Å². The van der Waals surface area contributed by atoms with Crippen LogP contribution in [0.4, 0.5) is 13.2 Å². The molecule has 20 heavy (non-hydrogen) atoms. The molecular weight excluding hydrogens is 312 g/mol. The monoisotopic (exact) mass is 330 g/mol. The lowest BCUT2D eigenvalue weighted by Gasteiger charge is -2.34. The maximum atomic E-state index is 12.6. The first-order valence-corrected chi connectivity index (χ1v) is 6.05. The third-order valence-electron chi connectivity index (χ3n) is 3.41. The molecular formula is C13H19Cl2F3N2. The first-order valence-electron chi connectivity index (χ1n) is 6.05. The molecule has 0 spiro atoms. The van der Waals surface area contributed by atoms with Crippen LogP contribution in [0.5, 0.6) is 0 Å². The summed E-state index contributed by atoms with van der Waals surface area (Å²) in [4.78, 5) is 0. The molecule has 0 aromatic heterocycles. The van der Waals surface area contributed by atoms with Crippen molar-refractivity contribution in [1.82, 2.24) is 5.32 Å². The highest BCUT2D eigenvalue weighted by Crippen LogP contribution is 2.30. The van der Waals surface area contributed by atoms with E-state index in [0.717, 1.165) is 32.0 Å². The van der Waals surface area contributed by atoms with Crippen LogP contribution in [-0.2, 0) is 12.6 Å². The standard InChI is InChI=1S/C13H17F3N2.2ClH/c14-13(15,16)11-3-1-2-10(8-11)9-12(17)4-6-18-7-5-12;;/h1-3,8,18H,4-7,9,17H2;2*1H. The molecule has 2 nitrogen and oxygen atoms in total. The minimum absolute atomic E-state index is 0. The van der Waals surface area contributed by atoms with Gasteiger partial charge in [-0.1, -0.05) is 18.2 Å². The number of hydrogen-bond donors (Lipinski definition) is 2. The fraction of sp³-hybridized carbons (Fsp3) is 0.538. The van der Waals surface area contributed by atoms with Gasteiger partial charge in [0.25, 0.3) is 0 Å². The minimum Gasteiger partial charge on any atom is -0.325 e. The Bertz CT molecular complexity index is 418. The lowest BCUT2D eigenvalue weighted by atomic mass is 9.83. The van der Waals surface area contributed by atoms with E-state index in [2.05, 4.69) is 5.32 Å². The van der Waals surface area contributed by atoms with E-state index in [0.29, 0.717) is 12.0 Å². The zero-order valence-corrected chi connectivity index (χ0v) is 12.5. The first-order chi connectivity index (χ1) is 8.39. The van der Waals surface area contributed by atoms with Crippen LogP contribution >= 0.6 is 24.8 Å². The lowest BCUT2D eigenvalue weighted by molar-refractivity contribution is -0.137. The Morgan fingerprint density at radius 2 is 1.75 bits per heavy atom. The van der Waals surface area contributed by atoms with Gasteiger partial charge in [-0.15, -0.1) is 24.8 Å². The van der Waals surface area contributed by atoms with E-state index >= 15 is 0 Å². The van der Waals surface area contributed by atoms with Crippen LogP contribution in [0.3, 0.4) is 0 Å². The Morgan fingerprint density at radius 3 is 2.30 bits per heavy atom. The molecule has 0 bridgehead atoms. The third-order valence-corrected chi connectivity index (χ3v) is 3.41. The number of hydrogen-bond acceptors (Lipinski definition) is 2. The number of piperidine rings is 1. The normalized spacial score (nSPS) is 17.8. The number of alkyl halides is 3. The summed E-state index contributed by atoms with van der Waals surface area (Å²) in [6.07, 6.45) is -2.20. The summed E-state index contributed by atoms with van der Waals surface area (Å²) in [5.41, 5.74) is 5.91. The second kappa shape index (κ2) is 7.50. The molecule has 3 N–H and O–H groups in total. The molecule has 1 aliphatic heterocycles. The molecule has 1 aliphatic rings. The SMILES string of the molecule is Cl.Cl.NC1(Cc2cccc(C(F)(F)F)c2)CCNCC1. The molecule has 1 fully saturated rings. The maximum Gasteiger partial charge on any atom is 0.416 e. The Labute approximate surface area is 129 Å². The zero-order chi connectivity index (χ0) is 13.2. The average molecular weight is 331 g/mol. The van der Waals surface area contributed by atoms with Gasteiger partial charge in [0.1, 0.15) is 0 Å². The molecule has 0 aliphatic carbocycles. The van der Waals surface area contributed by atoms with Gasteiger partial charge in [-0.2, -0.15) is 13.2 Å². The van der Waals surface area contributed by atoms with Gasteiger partial charge in [-0.05, 0) is 44.0 Å². The van der Waals surface area contributed by atoms with Crippen molar-refractivity contribution in [2.45, 2.75) is 31.0 Å². The zero-order valence-electron chi connectivity index (χ0n) is 10.9. The summed E-state index contributed by atoms with van der Waals surface area (Å²) < 4.78 is 37.8. The topological polar surface area (TPSA) is 38.0 Å². The molecule has 0 radical (unpaired) electrons. The van der Waals surface area contributed by atoms with Gasteiger partial charge in [0, 0.05) is 5.54 Å². The lowest BCUT2D eigenvalue weighted by Crippen LogP contribution is -2.50. The van der Waals surface area contributed by atoms with Crippen molar-refractivity contribution >= 4 is 24.8 Å². The van der Waals surface area contributed by atoms with E-state index in [1.54, 1.807) is 6.07 Å². The van der Waals surface area contributed by atoms with E-state index in [1.165, 1.54) is 12.1 Å². The van der Waals surface area contributed by atoms with Gasteiger partial charge in [-0.3, -0.25) is 0 Å². The Hall–Kier alpha value is -0.490. The van der Waals surface area contributed by atoms with Gasteiger partial charge in [0.2, 0.25) is 0 Å². The third kappa shape index (κ3) is 5.13. The van der Waals surface area contributed by atoms with Gasteiger partial charge >= 0.3 is 6.18 Å². The summed E-state index contributed by atoms with van der Waals surface area (Å²) in [6.45, 7) is 1.66. The van der Waals surface area contributed by atoms with E-state index < -0.39 is 11.7 Å². The molecule has 0 atom stereocenters. The van der Waals surface area contributed by atoms with Crippen molar-refractivity contribution in [3.8, 4) is 0 Å². The van der Waals surface area contributed by atoms with Gasteiger partial charge in [0.05, 0.1) is 5.56 Å². The molecule has 0 saturated carbocycles. The van der Waals surface area contributed by atoms with Crippen LogP contribution in [0.1, 0.15) is 24.0 Å². The molecule has 0 amide bonds. The molecule has 1 saturated heterocycles. The van der Waals surface area contributed by atoms with Gasteiger partial charge in [-0.25, -0.2) is 0 Å². The first kappa shape index (κ1) is 19.5. The van der Waals surface area contributed by atoms with Crippen molar-refractivity contribution in [2.75, 3.05) is 13.1 Å². The van der Waals surface area contributed by atoms with E-state index in [9.17, 15) is 13.2 Å². The van der Waals surface area contributed by atoms with E-state index in [1.807, 2.05) is 0 Å². The summed E-state index contributed by atoms with van der Waals surface area (Å²) in [5.74, 6) is 0. The number of benzene rings is 1. The second-order valence-corrected chi connectivity index (χ2v) is 4.99. The van der Waals surface area contributed by atoms with Crippen molar-refractivity contribution in [2.24, 2.45) is 5.73 Å². The van der Waals surface area contributed by atoms with Gasteiger partial charge < -0.3 is 11.1 Å². The molecule has 2 rings (SSSR count). The molecule has 0 unspecified atom stereocenters. The van der Waals surface area contributed by atoms with E-state index in [-0.39, 0.29) is 30.4 Å². The van der Waals surface area contributed by atoms with Gasteiger partial charge in [0.15, 0.2) is 0 Å². The number of rotatable bonds is 2. The van der Waals surface area contributed by atoms with Crippen molar-refractivity contribution < 1.29 is 13.2 Å². The van der Waals surface area contributed by atoms with Crippen molar-refractivity contribution in [1.29, 1.82) is 0 Å². The number of nitrogens with two attached hydrogens (primary N) is 1. The molecule has 1 aromatic rings. The van der Waals surface area contributed by atoms with Crippen LogP contribution in [0.25, 0.3) is 0 Å². The highest BCUT2D eigenvalue weighted by molar-refractivity contribution is 5.85. The van der Waals surface area contributed by atoms with Crippen LogP contribution in [0.15, 0.2) is 24.3 Å². The minimum atomic E-state index is -4.29. The Kier molecular flexibility index (Phi) is 7.32. The molecule has 1 heterocycles. The predicted octanol–water partition coefficient (Wildman–Crippen LogP) is 3.17. The summed E-state index contributed by atoms with van der Waals surface area (Å²) >= 11 is 0. The van der Waals surface area contributed by atoms with E-state index in [4.69, 9.17) is 5.73 Å². The summed E-state index contributed by atoms with van der Waals surface area (Å²) in [6, 6.07) is 5.46. The average Bonchev–Trinajstić information content (AvgIpc) is 2.28. The molecule has 116 valence electrons. The fourth-order valence-electron chi connectivity index (χ4n) is 2.37. The van der Waals surface area contributed by atoms with Crippen LogP contribution in [-0.4, -0.2) is 18.6 Å². The largest absolute Gasteiger partial charge is 0.416 e.